The largest absolute Gasteiger partial charge is 0.444 e. The van der Waals surface area contributed by atoms with Crippen molar-refractivity contribution in [3.05, 3.63) is 34.9 Å². The third-order valence-corrected chi connectivity index (χ3v) is 3.75. The number of amides is 1. The number of alkyl carbamates (subject to hydrolysis) is 1. The first-order valence-electron chi connectivity index (χ1n) is 8.23. The van der Waals surface area contributed by atoms with Crippen molar-refractivity contribution in [3.63, 3.8) is 0 Å². The number of carbonyl (C=O) groups is 1. The summed E-state index contributed by atoms with van der Waals surface area (Å²) in [6.07, 6.45) is 1.50. The Morgan fingerprint density at radius 1 is 1.17 bits per heavy atom. The summed E-state index contributed by atoms with van der Waals surface area (Å²) >= 11 is 5.95. The second-order valence-electron chi connectivity index (χ2n) is 6.67. The maximum absolute atomic E-state index is 11.8. The van der Waals surface area contributed by atoms with Gasteiger partial charge < -0.3 is 15.4 Å². The molecule has 1 aromatic carbocycles. The van der Waals surface area contributed by atoms with Crippen LogP contribution in [0, 0.1) is 0 Å². The minimum atomic E-state index is -0.478. The molecule has 2 N–H and O–H groups in total. The second kappa shape index (κ2) is 9.14. The number of carbonyl (C=O) groups excluding carboxylic acids is 1. The normalized spacial score (nSPS) is 14.2. The molecular formula is C18H29ClN2O2. The van der Waals surface area contributed by atoms with Crippen LogP contribution in [-0.4, -0.2) is 24.3 Å². The number of rotatable bonds is 7. The van der Waals surface area contributed by atoms with Crippen LogP contribution in [0.25, 0.3) is 0 Å². The van der Waals surface area contributed by atoms with Gasteiger partial charge >= 0.3 is 6.09 Å². The van der Waals surface area contributed by atoms with Gasteiger partial charge in [-0.05, 0) is 51.3 Å². The molecule has 0 aliphatic carbocycles. The van der Waals surface area contributed by atoms with Crippen molar-refractivity contribution in [3.8, 4) is 0 Å². The Morgan fingerprint density at radius 2 is 1.78 bits per heavy atom. The van der Waals surface area contributed by atoms with Crippen molar-refractivity contribution in [2.45, 2.75) is 65.1 Å². The van der Waals surface area contributed by atoms with Crippen LogP contribution in [0.5, 0.6) is 0 Å². The third-order valence-electron chi connectivity index (χ3n) is 3.50. The monoisotopic (exact) mass is 340 g/mol. The van der Waals surface area contributed by atoms with Gasteiger partial charge in [0.15, 0.2) is 0 Å². The molecule has 2 atom stereocenters. The summed E-state index contributed by atoms with van der Waals surface area (Å²) in [4.78, 5) is 11.8. The van der Waals surface area contributed by atoms with Gasteiger partial charge in [-0.15, -0.1) is 0 Å². The van der Waals surface area contributed by atoms with Gasteiger partial charge in [-0.25, -0.2) is 4.79 Å². The van der Waals surface area contributed by atoms with Gasteiger partial charge in [-0.2, -0.15) is 0 Å². The zero-order chi connectivity index (χ0) is 17.5. The SMILES string of the molecule is CCC(CNC(=O)OC(C)(C)C)NC(CC)c1ccc(Cl)cc1. The predicted molar refractivity (Wildman–Crippen MR) is 95.9 cm³/mol. The number of hydrogen-bond acceptors (Lipinski definition) is 3. The fourth-order valence-electron chi connectivity index (χ4n) is 2.27. The topological polar surface area (TPSA) is 50.4 Å². The molecule has 0 aliphatic rings. The zero-order valence-electron chi connectivity index (χ0n) is 14.8. The highest BCUT2D eigenvalue weighted by molar-refractivity contribution is 6.30. The quantitative estimate of drug-likeness (QED) is 0.757. The minimum absolute atomic E-state index is 0.183. The van der Waals surface area contributed by atoms with E-state index in [0.29, 0.717) is 6.54 Å². The maximum atomic E-state index is 11.8. The predicted octanol–water partition coefficient (Wildman–Crippen LogP) is 4.68. The fourth-order valence-corrected chi connectivity index (χ4v) is 2.40. The summed E-state index contributed by atoms with van der Waals surface area (Å²) in [5.41, 5.74) is 0.724. The van der Waals surface area contributed by atoms with E-state index in [1.54, 1.807) is 0 Å². The van der Waals surface area contributed by atoms with Crippen molar-refractivity contribution >= 4 is 17.7 Å². The van der Waals surface area contributed by atoms with E-state index in [-0.39, 0.29) is 18.2 Å². The number of nitrogens with one attached hydrogen (secondary N) is 2. The summed E-state index contributed by atoms with van der Waals surface area (Å²) in [5.74, 6) is 0. The highest BCUT2D eigenvalue weighted by atomic mass is 35.5. The highest BCUT2D eigenvalue weighted by Crippen LogP contribution is 2.20. The minimum Gasteiger partial charge on any atom is -0.444 e. The molecule has 0 bridgehead atoms. The van der Waals surface area contributed by atoms with Crippen LogP contribution in [0.4, 0.5) is 4.79 Å². The molecule has 23 heavy (non-hydrogen) atoms. The van der Waals surface area contributed by atoms with E-state index < -0.39 is 5.60 Å². The van der Waals surface area contributed by atoms with Crippen LogP contribution in [-0.2, 0) is 4.74 Å². The molecule has 0 heterocycles. The highest BCUT2D eigenvalue weighted by Gasteiger charge is 2.18. The molecule has 4 nitrogen and oxygen atoms in total. The van der Waals surface area contributed by atoms with Crippen LogP contribution < -0.4 is 10.6 Å². The van der Waals surface area contributed by atoms with Gasteiger partial charge in [-0.1, -0.05) is 37.6 Å². The standard InChI is InChI=1S/C18H29ClN2O2/c1-6-15(12-20-17(22)23-18(3,4)5)21-16(7-2)13-8-10-14(19)11-9-13/h8-11,15-16,21H,6-7,12H2,1-5H3,(H,20,22). The molecule has 1 aromatic rings. The van der Waals surface area contributed by atoms with Gasteiger partial charge in [0.05, 0.1) is 0 Å². The molecular weight excluding hydrogens is 312 g/mol. The molecule has 0 saturated heterocycles. The Balaban J connectivity index is 2.56. The van der Waals surface area contributed by atoms with Crippen LogP contribution >= 0.6 is 11.6 Å². The number of ether oxygens (including phenoxy) is 1. The van der Waals surface area contributed by atoms with Crippen LogP contribution in [0.2, 0.25) is 5.02 Å². The second-order valence-corrected chi connectivity index (χ2v) is 7.10. The molecule has 0 spiro atoms. The first-order chi connectivity index (χ1) is 10.7. The first kappa shape index (κ1) is 19.8. The van der Waals surface area contributed by atoms with Crippen LogP contribution in [0.3, 0.4) is 0 Å². The van der Waals surface area contributed by atoms with Gasteiger partial charge in [0.25, 0.3) is 0 Å². The fraction of sp³-hybridized carbons (Fsp3) is 0.611. The van der Waals surface area contributed by atoms with E-state index in [1.807, 2.05) is 45.0 Å². The Morgan fingerprint density at radius 3 is 2.26 bits per heavy atom. The molecule has 130 valence electrons. The summed E-state index contributed by atoms with van der Waals surface area (Å²) in [5, 5.41) is 7.17. The van der Waals surface area contributed by atoms with E-state index in [4.69, 9.17) is 16.3 Å². The lowest BCUT2D eigenvalue weighted by atomic mass is 10.0. The molecule has 0 saturated carbocycles. The summed E-state index contributed by atoms with van der Waals surface area (Å²) in [7, 11) is 0. The molecule has 0 radical (unpaired) electrons. The van der Waals surface area contributed by atoms with Crippen molar-refractivity contribution in [2.75, 3.05) is 6.54 Å². The van der Waals surface area contributed by atoms with Crippen molar-refractivity contribution in [1.29, 1.82) is 0 Å². The molecule has 1 rings (SSSR count). The molecule has 0 aliphatic heterocycles. The number of hydrogen-bond donors (Lipinski definition) is 2. The third kappa shape index (κ3) is 7.71. The van der Waals surface area contributed by atoms with Crippen LogP contribution in [0.15, 0.2) is 24.3 Å². The average molecular weight is 341 g/mol. The van der Waals surface area contributed by atoms with E-state index >= 15 is 0 Å². The Kier molecular flexibility index (Phi) is 7.86. The lowest BCUT2D eigenvalue weighted by molar-refractivity contribution is 0.0521. The van der Waals surface area contributed by atoms with E-state index in [0.717, 1.165) is 17.9 Å². The van der Waals surface area contributed by atoms with Gasteiger partial charge in [0.1, 0.15) is 5.60 Å². The molecule has 0 aromatic heterocycles. The van der Waals surface area contributed by atoms with Gasteiger partial charge in [-0.3, -0.25) is 0 Å². The first-order valence-corrected chi connectivity index (χ1v) is 8.61. The van der Waals surface area contributed by atoms with E-state index in [9.17, 15) is 4.79 Å². The summed E-state index contributed by atoms with van der Waals surface area (Å²) in [6.45, 7) is 10.3. The maximum Gasteiger partial charge on any atom is 0.407 e. The van der Waals surface area contributed by atoms with Gasteiger partial charge in [0.2, 0.25) is 0 Å². The van der Waals surface area contributed by atoms with Crippen LogP contribution in [0.1, 0.15) is 59.1 Å². The van der Waals surface area contributed by atoms with Gasteiger partial charge in [0, 0.05) is 23.7 Å². The summed E-state index contributed by atoms with van der Waals surface area (Å²) < 4.78 is 5.27. The Hall–Kier alpha value is -1.26. The zero-order valence-corrected chi connectivity index (χ0v) is 15.5. The smallest absolute Gasteiger partial charge is 0.407 e. The Labute approximate surface area is 144 Å². The van der Waals surface area contributed by atoms with Crippen molar-refractivity contribution in [1.82, 2.24) is 10.6 Å². The Bertz CT molecular complexity index is 483. The molecule has 5 heteroatoms. The van der Waals surface area contributed by atoms with Crippen molar-refractivity contribution in [2.24, 2.45) is 0 Å². The van der Waals surface area contributed by atoms with E-state index in [1.165, 1.54) is 5.56 Å². The van der Waals surface area contributed by atoms with Crippen molar-refractivity contribution < 1.29 is 9.53 Å². The lowest BCUT2D eigenvalue weighted by Crippen LogP contribution is -2.43. The molecule has 2 unspecified atom stereocenters. The number of halogens is 1. The van der Waals surface area contributed by atoms with E-state index in [2.05, 4.69) is 24.5 Å². The lowest BCUT2D eigenvalue weighted by Gasteiger charge is -2.26. The molecule has 1 amide bonds. The summed E-state index contributed by atoms with van der Waals surface area (Å²) in [6, 6.07) is 8.30. The number of benzene rings is 1. The molecule has 0 fully saturated rings. The average Bonchev–Trinajstić information content (AvgIpc) is 2.47.